The van der Waals surface area contributed by atoms with Gasteiger partial charge in [0.1, 0.15) is 17.5 Å². The summed E-state index contributed by atoms with van der Waals surface area (Å²) in [5.41, 5.74) is 0.843. The Hall–Kier alpha value is -3.03. The van der Waals surface area contributed by atoms with E-state index in [0.717, 1.165) is 4.90 Å². The molecule has 6 nitrogen and oxygen atoms in total. The number of hydrogen-bond acceptors (Lipinski definition) is 5. The Bertz CT molecular complexity index is 954. The third-order valence-electron chi connectivity index (χ3n) is 4.04. The summed E-state index contributed by atoms with van der Waals surface area (Å²) in [5, 5.41) is -0.250. The van der Waals surface area contributed by atoms with Crippen molar-refractivity contribution in [2.24, 2.45) is 0 Å². The van der Waals surface area contributed by atoms with Crippen LogP contribution in [0.25, 0.3) is 5.57 Å². The van der Waals surface area contributed by atoms with Gasteiger partial charge in [0, 0.05) is 7.11 Å². The molecule has 2 amide bonds. The van der Waals surface area contributed by atoms with Crippen molar-refractivity contribution in [3.8, 4) is 0 Å². The Morgan fingerprint density at radius 3 is 2.25 bits per heavy atom. The Labute approximate surface area is 165 Å². The van der Waals surface area contributed by atoms with Crippen LogP contribution >= 0.6 is 11.6 Å². The normalized spacial score (nSPS) is 14.0. The van der Waals surface area contributed by atoms with Gasteiger partial charge in [-0.25, -0.2) is 14.1 Å². The lowest BCUT2D eigenvalue weighted by Gasteiger charge is -2.15. The van der Waals surface area contributed by atoms with E-state index < -0.39 is 23.6 Å². The van der Waals surface area contributed by atoms with E-state index >= 15 is 0 Å². The van der Waals surface area contributed by atoms with E-state index in [1.165, 1.54) is 55.6 Å². The summed E-state index contributed by atoms with van der Waals surface area (Å²) < 4.78 is 22.9. The molecule has 3 rings (SSSR count). The molecule has 8 heteroatoms. The summed E-state index contributed by atoms with van der Waals surface area (Å²) in [4.78, 5) is 38.1. The molecule has 0 radical (unpaired) electrons. The van der Waals surface area contributed by atoms with Gasteiger partial charge in [-0.15, -0.1) is 0 Å². The number of amides is 2. The Balaban J connectivity index is 1.81. The van der Waals surface area contributed by atoms with Crippen molar-refractivity contribution in [3.63, 3.8) is 0 Å². The molecule has 0 N–H and O–H groups in total. The van der Waals surface area contributed by atoms with Crippen LogP contribution in [0, 0.1) is 5.82 Å². The fourth-order valence-corrected chi connectivity index (χ4v) is 2.93. The van der Waals surface area contributed by atoms with Gasteiger partial charge in [-0.2, -0.15) is 0 Å². The van der Waals surface area contributed by atoms with Crippen LogP contribution < -0.4 is 4.90 Å². The molecule has 1 heterocycles. The lowest BCUT2D eigenvalue weighted by Crippen LogP contribution is -2.31. The van der Waals surface area contributed by atoms with E-state index in [1.54, 1.807) is 0 Å². The van der Waals surface area contributed by atoms with Crippen LogP contribution in [-0.2, 0) is 19.1 Å². The van der Waals surface area contributed by atoms with Crippen LogP contribution in [0.15, 0.2) is 53.6 Å². The van der Waals surface area contributed by atoms with Crippen LogP contribution in [0.2, 0.25) is 0 Å². The van der Waals surface area contributed by atoms with Crippen molar-refractivity contribution in [2.75, 3.05) is 25.2 Å². The Morgan fingerprint density at radius 2 is 1.64 bits per heavy atom. The number of carbonyl (C=O) groups is 3. The van der Waals surface area contributed by atoms with Gasteiger partial charge in [0.05, 0.1) is 23.4 Å². The summed E-state index contributed by atoms with van der Waals surface area (Å²) in [5.74, 6) is -2.34. The predicted octanol–water partition coefficient (Wildman–Crippen LogP) is 3.15. The molecular weight excluding hydrogens is 389 g/mol. The second-order valence-corrected chi connectivity index (χ2v) is 6.20. The maximum Gasteiger partial charge on any atom is 0.338 e. The molecular formula is C20H15ClFNO5. The third kappa shape index (κ3) is 3.81. The number of carbonyl (C=O) groups excluding carboxylic acids is 3. The largest absolute Gasteiger partial charge is 0.460 e. The van der Waals surface area contributed by atoms with Crippen molar-refractivity contribution in [1.29, 1.82) is 0 Å². The van der Waals surface area contributed by atoms with E-state index in [4.69, 9.17) is 21.1 Å². The zero-order chi connectivity index (χ0) is 20.3. The number of rotatable bonds is 6. The number of nitrogens with zero attached hydrogens (tertiary/aromatic N) is 1. The van der Waals surface area contributed by atoms with Gasteiger partial charge in [-0.3, -0.25) is 9.59 Å². The molecule has 2 aromatic carbocycles. The smallest absolute Gasteiger partial charge is 0.338 e. The molecule has 0 aromatic heterocycles. The van der Waals surface area contributed by atoms with E-state index in [9.17, 15) is 18.8 Å². The lowest BCUT2D eigenvalue weighted by molar-refractivity contribution is -0.119. The molecule has 28 heavy (non-hydrogen) atoms. The molecule has 0 unspecified atom stereocenters. The number of halogens is 2. The van der Waals surface area contributed by atoms with Crippen molar-refractivity contribution in [1.82, 2.24) is 0 Å². The summed E-state index contributed by atoms with van der Waals surface area (Å²) in [6.07, 6.45) is 0. The van der Waals surface area contributed by atoms with Gasteiger partial charge >= 0.3 is 5.97 Å². The summed E-state index contributed by atoms with van der Waals surface area (Å²) >= 11 is 6.08. The van der Waals surface area contributed by atoms with Gasteiger partial charge in [0.15, 0.2) is 0 Å². The van der Waals surface area contributed by atoms with E-state index in [-0.39, 0.29) is 35.1 Å². The van der Waals surface area contributed by atoms with Gasteiger partial charge in [0.2, 0.25) is 0 Å². The maximum atomic E-state index is 13.1. The maximum absolute atomic E-state index is 13.1. The fourth-order valence-electron chi connectivity index (χ4n) is 2.65. The first-order chi connectivity index (χ1) is 13.4. The lowest BCUT2D eigenvalue weighted by atomic mass is 10.1. The minimum atomic E-state index is -0.693. The standard InChI is InChI=1S/C20H15ClFNO5/c1-27-10-11-28-20(26)13-4-8-15(9-5-13)23-18(24)16(17(21)19(23)25)12-2-6-14(22)7-3-12/h2-9H,10-11H2,1H3. The number of anilines is 1. The van der Waals surface area contributed by atoms with Crippen molar-refractivity contribution in [2.45, 2.75) is 0 Å². The van der Waals surface area contributed by atoms with Crippen LogP contribution in [0.1, 0.15) is 15.9 Å². The summed E-state index contributed by atoms with van der Waals surface area (Å²) in [6, 6.07) is 10.9. The zero-order valence-electron chi connectivity index (χ0n) is 14.8. The van der Waals surface area contributed by atoms with Gasteiger partial charge in [-0.05, 0) is 42.0 Å². The zero-order valence-corrected chi connectivity index (χ0v) is 15.5. The predicted molar refractivity (Wildman–Crippen MR) is 100 cm³/mol. The van der Waals surface area contributed by atoms with Crippen LogP contribution in [0.5, 0.6) is 0 Å². The number of esters is 1. The molecule has 0 bridgehead atoms. The average Bonchev–Trinajstić information content (AvgIpc) is 2.92. The number of imide groups is 1. The molecule has 0 aliphatic carbocycles. The monoisotopic (exact) mass is 403 g/mol. The Kier molecular flexibility index (Phi) is 5.87. The van der Waals surface area contributed by atoms with Gasteiger partial charge < -0.3 is 9.47 Å². The van der Waals surface area contributed by atoms with Crippen molar-refractivity contribution < 1.29 is 28.2 Å². The third-order valence-corrected chi connectivity index (χ3v) is 4.39. The van der Waals surface area contributed by atoms with E-state index in [1.807, 2.05) is 0 Å². The second-order valence-electron chi connectivity index (χ2n) is 5.82. The van der Waals surface area contributed by atoms with Crippen LogP contribution in [0.3, 0.4) is 0 Å². The first-order valence-electron chi connectivity index (χ1n) is 8.24. The SMILES string of the molecule is COCCOC(=O)c1ccc(N2C(=O)C(Cl)=C(c3ccc(F)cc3)C2=O)cc1. The highest BCUT2D eigenvalue weighted by Gasteiger charge is 2.39. The minimum Gasteiger partial charge on any atom is -0.460 e. The highest BCUT2D eigenvalue weighted by molar-refractivity contribution is 6.60. The summed E-state index contributed by atoms with van der Waals surface area (Å²) in [7, 11) is 1.49. The Morgan fingerprint density at radius 1 is 1.00 bits per heavy atom. The number of hydrogen-bond donors (Lipinski definition) is 0. The highest BCUT2D eigenvalue weighted by Crippen LogP contribution is 2.34. The topological polar surface area (TPSA) is 72.9 Å². The molecule has 0 fully saturated rings. The number of ether oxygens (including phenoxy) is 2. The van der Waals surface area contributed by atoms with Crippen molar-refractivity contribution in [3.05, 3.63) is 70.5 Å². The fraction of sp³-hybridized carbons (Fsp3) is 0.150. The molecule has 1 aliphatic rings. The molecule has 0 saturated carbocycles. The first-order valence-corrected chi connectivity index (χ1v) is 8.62. The molecule has 1 aliphatic heterocycles. The van der Waals surface area contributed by atoms with Crippen LogP contribution in [0.4, 0.5) is 10.1 Å². The number of benzene rings is 2. The van der Waals surface area contributed by atoms with Crippen molar-refractivity contribution >= 4 is 40.6 Å². The molecule has 0 spiro atoms. The molecule has 2 aromatic rings. The van der Waals surface area contributed by atoms with Crippen LogP contribution in [-0.4, -0.2) is 38.1 Å². The van der Waals surface area contributed by atoms with E-state index in [2.05, 4.69) is 0 Å². The van der Waals surface area contributed by atoms with Gasteiger partial charge in [0.25, 0.3) is 11.8 Å². The molecule has 144 valence electrons. The first kappa shape index (κ1) is 19.7. The average molecular weight is 404 g/mol. The summed E-state index contributed by atoms with van der Waals surface area (Å²) in [6.45, 7) is 0.387. The quantitative estimate of drug-likeness (QED) is 0.421. The highest BCUT2D eigenvalue weighted by atomic mass is 35.5. The second kappa shape index (κ2) is 8.33. The van der Waals surface area contributed by atoms with Gasteiger partial charge in [-0.1, -0.05) is 23.7 Å². The molecule has 0 saturated heterocycles. The number of methoxy groups -OCH3 is 1. The molecule has 0 atom stereocenters. The van der Waals surface area contributed by atoms with E-state index in [0.29, 0.717) is 5.56 Å². The minimum absolute atomic E-state index is 0.00489.